The Kier molecular flexibility index (Phi) is 13.7. The van der Waals surface area contributed by atoms with E-state index in [2.05, 4.69) is 5.10 Å². The van der Waals surface area contributed by atoms with E-state index in [-0.39, 0.29) is 60.6 Å². The van der Waals surface area contributed by atoms with Crippen LogP contribution in [0.4, 0.5) is 0 Å². The number of rotatable bonds is 5. The molecule has 1 aromatic heterocycles. The zero-order valence-electron chi connectivity index (χ0n) is 13.3. The predicted octanol–water partition coefficient (Wildman–Crippen LogP) is -2.37. The van der Waals surface area contributed by atoms with Gasteiger partial charge in [0.05, 0.1) is 19.4 Å². The van der Waals surface area contributed by atoms with Gasteiger partial charge >= 0.3 is 41.5 Å². The van der Waals surface area contributed by atoms with Crippen molar-refractivity contribution in [1.29, 1.82) is 0 Å². The van der Waals surface area contributed by atoms with Crippen LogP contribution in [0.2, 0.25) is 0 Å². The van der Waals surface area contributed by atoms with Crippen molar-refractivity contribution in [2.24, 2.45) is 0 Å². The van der Waals surface area contributed by atoms with E-state index in [0.717, 1.165) is 0 Å². The van der Waals surface area contributed by atoms with E-state index in [1.54, 1.807) is 20.8 Å². The van der Waals surface area contributed by atoms with E-state index in [9.17, 15) is 9.59 Å². The van der Waals surface area contributed by atoms with Crippen molar-refractivity contribution < 1.29 is 53.7 Å². The van der Waals surface area contributed by atoms with Crippen molar-refractivity contribution in [1.82, 2.24) is 9.78 Å². The van der Waals surface area contributed by atoms with Crippen molar-refractivity contribution in [3.05, 3.63) is 17.5 Å². The van der Waals surface area contributed by atoms with Crippen molar-refractivity contribution >= 4 is 11.9 Å². The largest absolute Gasteiger partial charge is 1.00 e. The van der Waals surface area contributed by atoms with Crippen LogP contribution in [-0.4, -0.2) is 41.5 Å². The van der Waals surface area contributed by atoms with Crippen LogP contribution in [0.1, 0.15) is 48.5 Å². The summed E-state index contributed by atoms with van der Waals surface area (Å²) in [6, 6.07) is 0. The Morgan fingerprint density at radius 3 is 2.05 bits per heavy atom. The minimum atomic E-state index is -0.560. The summed E-state index contributed by atoms with van der Waals surface area (Å²) >= 11 is 0. The molecule has 0 saturated carbocycles. The van der Waals surface area contributed by atoms with Crippen molar-refractivity contribution in [3.63, 3.8) is 0 Å². The van der Waals surface area contributed by atoms with Crippen LogP contribution >= 0.6 is 0 Å². The first-order valence-corrected chi connectivity index (χ1v) is 6.55. The molecule has 0 atom stereocenters. The Bertz CT molecular complexity index is 434. The molecule has 0 fully saturated rings. The molecular weight excluding hydrogens is 287 g/mol. The molecule has 0 spiro atoms. The molecule has 0 aliphatic carbocycles. The molecule has 0 aliphatic rings. The first-order valence-electron chi connectivity index (χ1n) is 6.55. The molecular formula is C13H21N2NaO5. The van der Waals surface area contributed by atoms with Crippen LogP contribution in [0, 0.1) is 0 Å². The molecule has 114 valence electrons. The molecule has 8 heteroatoms. The Morgan fingerprint density at radius 2 is 1.62 bits per heavy atom. The van der Waals surface area contributed by atoms with E-state index in [1.165, 1.54) is 10.9 Å². The summed E-state index contributed by atoms with van der Waals surface area (Å²) in [4.78, 5) is 23.3. The molecule has 0 aliphatic heterocycles. The number of carbonyl (C=O) groups excluding carboxylic acids is 2. The van der Waals surface area contributed by atoms with Crippen LogP contribution in [0.25, 0.3) is 0 Å². The fourth-order valence-corrected chi connectivity index (χ4v) is 1.40. The third-order valence-electron chi connectivity index (χ3n) is 2.10. The first-order chi connectivity index (χ1) is 9.56. The molecule has 7 nitrogen and oxygen atoms in total. The maximum absolute atomic E-state index is 11.7. The van der Waals surface area contributed by atoms with Gasteiger partial charge in [-0.05, 0) is 20.8 Å². The quantitative estimate of drug-likeness (QED) is 0.446. The molecule has 0 aromatic carbocycles. The van der Waals surface area contributed by atoms with Gasteiger partial charge in [-0.2, -0.15) is 5.10 Å². The van der Waals surface area contributed by atoms with E-state index in [0.29, 0.717) is 6.54 Å². The summed E-state index contributed by atoms with van der Waals surface area (Å²) < 4.78 is 11.2. The van der Waals surface area contributed by atoms with Gasteiger partial charge in [0.25, 0.3) is 0 Å². The van der Waals surface area contributed by atoms with Gasteiger partial charge in [0.15, 0.2) is 5.69 Å². The van der Waals surface area contributed by atoms with E-state index in [1.807, 2.05) is 6.92 Å². The molecule has 21 heavy (non-hydrogen) atoms. The molecule has 0 bridgehead atoms. The monoisotopic (exact) mass is 308 g/mol. The number of hydrogen-bond acceptors (Lipinski definition) is 6. The average molecular weight is 308 g/mol. The average Bonchev–Trinajstić information content (AvgIpc) is 2.84. The summed E-state index contributed by atoms with van der Waals surface area (Å²) in [6.07, 6.45) is 1.33. The number of nitrogens with zero attached hydrogens (tertiary/aromatic N) is 2. The summed E-state index contributed by atoms with van der Waals surface area (Å²) in [5.74, 6) is -1.12. The van der Waals surface area contributed by atoms with E-state index >= 15 is 0 Å². The van der Waals surface area contributed by atoms with Crippen LogP contribution < -0.4 is 34.7 Å². The topological polar surface area (TPSA) is 93.5 Å². The SMILES string of the molecule is CCOC(=O)c1cnn(CC)c1C(=O)OCC.CC[O-].[Na+]. The Balaban J connectivity index is 0. The normalized spacial score (nSPS) is 9.00. The van der Waals surface area contributed by atoms with Gasteiger partial charge in [0.1, 0.15) is 5.56 Å². The van der Waals surface area contributed by atoms with Crippen LogP contribution in [-0.2, 0) is 16.0 Å². The molecule has 0 saturated heterocycles. The maximum Gasteiger partial charge on any atom is 1.00 e. The second-order valence-electron chi connectivity index (χ2n) is 3.45. The Labute approximate surface area is 146 Å². The summed E-state index contributed by atoms with van der Waals surface area (Å²) in [6.45, 7) is 7.77. The minimum Gasteiger partial charge on any atom is -0.855 e. The Hall–Kier alpha value is -0.890. The standard InChI is InChI=1S/C11H16N2O4.C2H5O.Na/c1-4-13-9(11(15)17-6-3)8(7-12-13)10(14)16-5-2;1-2-3;/h7H,4-6H2,1-3H3;2H2,1H3;/q;-1;+1. The minimum absolute atomic E-state index is 0. The van der Waals surface area contributed by atoms with Gasteiger partial charge in [0, 0.05) is 6.54 Å². The van der Waals surface area contributed by atoms with Gasteiger partial charge in [0.2, 0.25) is 0 Å². The number of esters is 2. The Morgan fingerprint density at radius 1 is 1.14 bits per heavy atom. The summed E-state index contributed by atoms with van der Waals surface area (Å²) in [5.41, 5.74) is 0.292. The van der Waals surface area contributed by atoms with Crippen LogP contribution in [0.3, 0.4) is 0 Å². The molecule has 0 amide bonds. The zero-order chi connectivity index (χ0) is 15.5. The fourth-order valence-electron chi connectivity index (χ4n) is 1.40. The first kappa shape index (κ1) is 22.4. The summed E-state index contributed by atoms with van der Waals surface area (Å²) in [5, 5.41) is 12.9. The van der Waals surface area contributed by atoms with E-state index in [4.69, 9.17) is 14.6 Å². The molecule has 0 N–H and O–H groups in total. The third-order valence-corrected chi connectivity index (χ3v) is 2.10. The van der Waals surface area contributed by atoms with Crippen LogP contribution in [0.15, 0.2) is 6.20 Å². The third kappa shape index (κ3) is 7.08. The second-order valence-corrected chi connectivity index (χ2v) is 3.45. The number of ether oxygens (including phenoxy) is 2. The maximum atomic E-state index is 11.7. The summed E-state index contributed by atoms with van der Waals surface area (Å²) in [7, 11) is 0. The number of aromatic nitrogens is 2. The van der Waals surface area contributed by atoms with Gasteiger partial charge in [-0.15, -0.1) is 6.61 Å². The molecule has 0 unspecified atom stereocenters. The predicted molar refractivity (Wildman–Crippen MR) is 70.4 cm³/mol. The number of hydrogen-bond donors (Lipinski definition) is 0. The van der Waals surface area contributed by atoms with Crippen LogP contribution in [0.5, 0.6) is 0 Å². The molecule has 1 heterocycles. The number of aryl methyl sites for hydroxylation is 1. The molecule has 1 rings (SSSR count). The van der Waals surface area contributed by atoms with Crippen molar-refractivity contribution in [2.45, 2.75) is 34.2 Å². The molecule has 0 radical (unpaired) electrons. The van der Waals surface area contributed by atoms with Crippen molar-refractivity contribution in [3.8, 4) is 0 Å². The van der Waals surface area contributed by atoms with Gasteiger partial charge in [-0.25, -0.2) is 9.59 Å². The van der Waals surface area contributed by atoms with Gasteiger partial charge < -0.3 is 14.6 Å². The second kappa shape index (κ2) is 12.8. The molecule has 1 aromatic rings. The zero-order valence-corrected chi connectivity index (χ0v) is 15.3. The van der Waals surface area contributed by atoms with Crippen molar-refractivity contribution in [2.75, 3.05) is 19.8 Å². The van der Waals surface area contributed by atoms with Gasteiger partial charge in [-0.3, -0.25) is 4.68 Å². The van der Waals surface area contributed by atoms with E-state index < -0.39 is 11.9 Å². The number of carbonyl (C=O) groups is 2. The van der Waals surface area contributed by atoms with Gasteiger partial charge in [-0.1, -0.05) is 6.92 Å². The smallest absolute Gasteiger partial charge is 0.855 e. The fraction of sp³-hybridized carbons (Fsp3) is 0.615.